The predicted octanol–water partition coefficient (Wildman–Crippen LogP) is 2.10. The average Bonchev–Trinajstić information content (AvgIpc) is 3.17. The number of aromatic nitrogens is 5. The fraction of sp³-hybridized carbons (Fsp3) is 0.688. The van der Waals surface area contributed by atoms with E-state index < -0.39 is 0 Å². The lowest BCUT2D eigenvalue weighted by Gasteiger charge is -2.31. The Balaban J connectivity index is 1.44. The SMILES string of the molecule is Cc1cc(C2CCCN(Cc3nnc(C4CC4)n3C)C2)n[nH]1. The molecule has 1 atom stereocenters. The van der Waals surface area contributed by atoms with Crippen molar-refractivity contribution in [1.29, 1.82) is 0 Å². The van der Waals surface area contributed by atoms with Gasteiger partial charge in [-0.25, -0.2) is 0 Å². The molecule has 1 N–H and O–H groups in total. The smallest absolute Gasteiger partial charge is 0.146 e. The van der Waals surface area contributed by atoms with Crippen LogP contribution in [0.3, 0.4) is 0 Å². The van der Waals surface area contributed by atoms with Gasteiger partial charge in [0.2, 0.25) is 0 Å². The number of piperidine rings is 1. The van der Waals surface area contributed by atoms with Crippen molar-refractivity contribution >= 4 is 0 Å². The average molecular weight is 300 g/mol. The number of H-pyrrole nitrogens is 1. The van der Waals surface area contributed by atoms with Gasteiger partial charge in [0.05, 0.1) is 12.2 Å². The molecule has 1 unspecified atom stereocenters. The molecule has 6 nitrogen and oxygen atoms in total. The highest BCUT2D eigenvalue weighted by Gasteiger charge is 2.30. The van der Waals surface area contributed by atoms with Crippen molar-refractivity contribution in [3.8, 4) is 0 Å². The summed E-state index contributed by atoms with van der Waals surface area (Å²) in [6, 6.07) is 2.18. The van der Waals surface area contributed by atoms with Crippen LogP contribution in [-0.4, -0.2) is 43.0 Å². The predicted molar refractivity (Wildman–Crippen MR) is 83.6 cm³/mol. The van der Waals surface area contributed by atoms with Crippen LogP contribution in [0.25, 0.3) is 0 Å². The van der Waals surface area contributed by atoms with Crippen LogP contribution >= 0.6 is 0 Å². The summed E-state index contributed by atoms with van der Waals surface area (Å²) in [4.78, 5) is 2.50. The Morgan fingerprint density at radius 2 is 2.09 bits per heavy atom. The molecule has 0 spiro atoms. The van der Waals surface area contributed by atoms with Crippen molar-refractivity contribution in [2.45, 2.75) is 51.0 Å². The molecule has 1 saturated carbocycles. The molecule has 3 heterocycles. The van der Waals surface area contributed by atoms with E-state index >= 15 is 0 Å². The molecule has 1 aliphatic carbocycles. The Morgan fingerprint density at radius 3 is 2.82 bits per heavy atom. The fourth-order valence-corrected chi connectivity index (χ4v) is 3.50. The number of aromatic amines is 1. The van der Waals surface area contributed by atoms with Crippen LogP contribution in [0.15, 0.2) is 6.07 Å². The van der Waals surface area contributed by atoms with Gasteiger partial charge < -0.3 is 4.57 Å². The lowest BCUT2D eigenvalue weighted by molar-refractivity contribution is 0.192. The van der Waals surface area contributed by atoms with Crippen LogP contribution in [0.4, 0.5) is 0 Å². The van der Waals surface area contributed by atoms with Gasteiger partial charge in [0.15, 0.2) is 0 Å². The second-order valence-electron chi connectivity index (χ2n) is 6.86. The molecular weight excluding hydrogens is 276 g/mol. The molecule has 0 bridgehead atoms. The Morgan fingerprint density at radius 1 is 1.23 bits per heavy atom. The van der Waals surface area contributed by atoms with Crippen molar-refractivity contribution in [2.24, 2.45) is 7.05 Å². The summed E-state index contributed by atoms with van der Waals surface area (Å²) in [5.74, 6) is 3.47. The van der Waals surface area contributed by atoms with Gasteiger partial charge in [0.25, 0.3) is 0 Å². The zero-order valence-electron chi connectivity index (χ0n) is 13.4. The number of likely N-dealkylation sites (tertiary alicyclic amines) is 1. The zero-order valence-corrected chi connectivity index (χ0v) is 13.4. The molecule has 2 aliphatic rings. The van der Waals surface area contributed by atoms with E-state index in [1.807, 2.05) is 0 Å². The first kappa shape index (κ1) is 13.9. The van der Waals surface area contributed by atoms with Gasteiger partial charge in [0.1, 0.15) is 11.6 Å². The van der Waals surface area contributed by atoms with E-state index in [2.05, 4.69) is 49.9 Å². The number of hydrogen-bond acceptors (Lipinski definition) is 4. The van der Waals surface area contributed by atoms with E-state index in [0.717, 1.165) is 31.2 Å². The first-order chi connectivity index (χ1) is 10.7. The summed E-state index contributed by atoms with van der Waals surface area (Å²) < 4.78 is 2.21. The normalized spacial score (nSPS) is 23.1. The third kappa shape index (κ3) is 2.67. The lowest BCUT2D eigenvalue weighted by atomic mass is 9.94. The molecule has 6 heteroatoms. The second kappa shape index (κ2) is 5.50. The van der Waals surface area contributed by atoms with Crippen molar-refractivity contribution in [1.82, 2.24) is 29.9 Å². The van der Waals surface area contributed by atoms with Crippen LogP contribution < -0.4 is 0 Å². The second-order valence-corrected chi connectivity index (χ2v) is 6.86. The molecule has 0 radical (unpaired) electrons. The third-order valence-corrected chi connectivity index (χ3v) is 4.96. The van der Waals surface area contributed by atoms with Crippen molar-refractivity contribution < 1.29 is 0 Å². The molecule has 1 aliphatic heterocycles. The Kier molecular flexibility index (Phi) is 3.48. The number of hydrogen-bond donors (Lipinski definition) is 1. The van der Waals surface area contributed by atoms with Gasteiger partial charge in [-0.05, 0) is 45.2 Å². The highest BCUT2D eigenvalue weighted by Crippen LogP contribution is 2.38. The molecule has 0 aromatic carbocycles. The third-order valence-electron chi connectivity index (χ3n) is 4.96. The highest BCUT2D eigenvalue weighted by atomic mass is 15.3. The van der Waals surface area contributed by atoms with E-state index in [1.54, 1.807) is 0 Å². The van der Waals surface area contributed by atoms with Crippen LogP contribution in [0.5, 0.6) is 0 Å². The van der Waals surface area contributed by atoms with Gasteiger partial charge in [0, 0.05) is 31.1 Å². The Hall–Kier alpha value is -1.69. The molecule has 2 fully saturated rings. The molecule has 22 heavy (non-hydrogen) atoms. The maximum Gasteiger partial charge on any atom is 0.146 e. The molecule has 1 saturated heterocycles. The first-order valence-electron chi connectivity index (χ1n) is 8.33. The maximum atomic E-state index is 4.45. The van der Waals surface area contributed by atoms with Gasteiger partial charge in [-0.15, -0.1) is 10.2 Å². The van der Waals surface area contributed by atoms with Gasteiger partial charge in [-0.2, -0.15) is 5.10 Å². The van der Waals surface area contributed by atoms with Gasteiger partial charge in [-0.3, -0.25) is 10.00 Å². The molecule has 118 valence electrons. The van der Waals surface area contributed by atoms with E-state index in [9.17, 15) is 0 Å². The Labute approximate surface area is 130 Å². The lowest BCUT2D eigenvalue weighted by Crippen LogP contribution is -2.34. The largest absolute Gasteiger partial charge is 0.317 e. The number of rotatable bonds is 4. The zero-order chi connectivity index (χ0) is 15.1. The standard InChI is InChI=1S/C16H24N6/c1-11-8-14(18-17-11)13-4-3-7-22(9-13)10-15-19-20-16(21(15)2)12-5-6-12/h8,12-13H,3-7,9-10H2,1-2H3,(H,17,18). The van der Waals surface area contributed by atoms with Crippen LogP contribution in [-0.2, 0) is 13.6 Å². The van der Waals surface area contributed by atoms with Crippen LogP contribution in [0.1, 0.15) is 60.6 Å². The number of nitrogens with one attached hydrogen (secondary N) is 1. The first-order valence-corrected chi connectivity index (χ1v) is 8.33. The highest BCUT2D eigenvalue weighted by molar-refractivity contribution is 5.13. The van der Waals surface area contributed by atoms with E-state index in [-0.39, 0.29) is 0 Å². The molecular formula is C16H24N6. The van der Waals surface area contributed by atoms with Crippen LogP contribution in [0.2, 0.25) is 0 Å². The van der Waals surface area contributed by atoms with Gasteiger partial charge >= 0.3 is 0 Å². The molecule has 2 aromatic heterocycles. The summed E-state index contributed by atoms with van der Waals surface area (Å²) in [6.07, 6.45) is 5.00. The quantitative estimate of drug-likeness (QED) is 0.939. The van der Waals surface area contributed by atoms with E-state index in [1.165, 1.54) is 37.2 Å². The van der Waals surface area contributed by atoms with E-state index in [0.29, 0.717) is 11.8 Å². The van der Waals surface area contributed by atoms with Crippen molar-refractivity contribution in [2.75, 3.05) is 13.1 Å². The monoisotopic (exact) mass is 300 g/mol. The molecule has 0 amide bonds. The molecule has 4 rings (SSSR count). The minimum atomic E-state index is 0.537. The van der Waals surface area contributed by atoms with Crippen LogP contribution in [0, 0.1) is 6.92 Å². The minimum absolute atomic E-state index is 0.537. The summed E-state index contributed by atoms with van der Waals surface area (Å²) >= 11 is 0. The summed E-state index contributed by atoms with van der Waals surface area (Å²) in [5, 5.41) is 16.3. The minimum Gasteiger partial charge on any atom is -0.317 e. The fourth-order valence-electron chi connectivity index (χ4n) is 3.50. The van der Waals surface area contributed by atoms with E-state index in [4.69, 9.17) is 0 Å². The van der Waals surface area contributed by atoms with Crippen molar-refractivity contribution in [3.63, 3.8) is 0 Å². The molecule has 2 aromatic rings. The van der Waals surface area contributed by atoms with Crippen molar-refractivity contribution in [3.05, 3.63) is 29.1 Å². The Bertz CT molecular complexity index is 653. The number of nitrogens with zero attached hydrogens (tertiary/aromatic N) is 5. The topological polar surface area (TPSA) is 62.6 Å². The maximum absolute atomic E-state index is 4.45. The van der Waals surface area contributed by atoms with Gasteiger partial charge in [-0.1, -0.05) is 0 Å². The summed E-state index contributed by atoms with van der Waals surface area (Å²) in [6.45, 7) is 5.17. The summed E-state index contributed by atoms with van der Waals surface area (Å²) in [7, 11) is 2.11. The number of aryl methyl sites for hydroxylation is 1. The summed E-state index contributed by atoms with van der Waals surface area (Å²) in [5.41, 5.74) is 2.35.